The Hall–Kier alpha value is -2.58. The van der Waals surface area contributed by atoms with Crippen LogP contribution in [-0.2, 0) is 16.1 Å². The molecule has 0 aliphatic carbocycles. The second kappa shape index (κ2) is 7.35. The van der Waals surface area contributed by atoms with Gasteiger partial charge < -0.3 is 10.6 Å². The van der Waals surface area contributed by atoms with Gasteiger partial charge in [0.15, 0.2) is 0 Å². The molecule has 0 radical (unpaired) electrons. The van der Waals surface area contributed by atoms with Gasteiger partial charge in [0.2, 0.25) is 11.8 Å². The molecule has 4 amide bonds. The largest absolute Gasteiger partial charge is 0.312 e. The van der Waals surface area contributed by atoms with Gasteiger partial charge in [0, 0.05) is 24.5 Å². The fourth-order valence-corrected chi connectivity index (χ4v) is 4.48. The van der Waals surface area contributed by atoms with Gasteiger partial charge in [0.25, 0.3) is 11.8 Å². The standard InChI is InChI=1S/C21H26N4O4/c1-21(2,15-7-4-10-22-15)23-11-12-5-3-6-13-17(12)20(29)25(19(13)28)14-8-9-16(26)24-18(14)27/h3,5-6,14-15,22-23H,4,7-11H2,1-2H3,(H,24,26,27). The quantitative estimate of drug-likeness (QED) is 0.631. The molecule has 0 spiro atoms. The zero-order valence-corrected chi connectivity index (χ0v) is 16.7. The van der Waals surface area contributed by atoms with E-state index in [1.807, 2.05) is 6.07 Å². The number of carbonyl (C=O) groups is 4. The third-order valence-corrected chi connectivity index (χ3v) is 6.22. The van der Waals surface area contributed by atoms with Crippen molar-refractivity contribution >= 4 is 23.6 Å². The van der Waals surface area contributed by atoms with Gasteiger partial charge in [-0.2, -0.15) is 0 Å². The van der Waals surface area contributed by atoms with Gasteiger partial charge in [-0.15, -0.1) is 0 Å². The topological polar surface area (TPSA) is 108 Å². The monoisotopic (exact) mass is 398 g/mol. The van der Waals surface area contributed by atoms with Gasteiger partial charge >= 0.3 is 0 Å². The van der Waals surface area contributed by atoms with Gasteiger partial charge in [-0.25, -0.2) is 0 Å². The Morgan fingerprint density at radius 1 is 1.14 bits per heavy atom. The number of hydrogen-bond donors (Lipinski definition) is 3. The number of nitrogens with zero attached hydrogens (tertiary/aromatic N) is 1. The van der Waals surface area contributed by atoms with Crippen LogP contribution >= 0.6 is 0 Å². The molecular weight excluding hydrogens is 372 g/mol. The lowest BCUT2D eigenvalue weighted by Crippen LogP contribution is -2.54. The van der Waals surface area contributed by atoms with E-state index in [9.17, 15) is 19.2 Å². The molecule has 2 unspecified atom stereocenters. The highest BCUT2D eigenvalue weighted by Gasteiger charge is 2.45. The van der Waals surface area contributed by atoms with Crippen molar-refractivity contribution in [2.45, 2.75) is 63.7 Å². The van der Waals surface area contributed by atoms with Crippen LogP contribution in [0.1, 0.15) is 65.8 Å². The number of piperidine rings is 1. The lowest BCUT2D eigenvalue weighted by Gasteiger charge is -2.33. The van der Waals surface area contributed by atoms with E-state index in [4.69, 9.17) is 0 Å². The minimum absolute atomic E-state index is 0.112. The van der Waals surface area contributed by atoms with Gasteiger partial charge in [-0.1, -0.05) is 12.1 Å². The Kier molecular flexibility index (Phi) is 5.00. The summed E-state index contributed by atoms with van der Waals surface area (Å²) in [5.74, 6) is -1.91. The van der Waals surface area contributed by atoms with E-state index in [0.29, 0.717) is 23.7 Å². The molecule has 8 nitrogen and oxygen atoms in total. The molecule has 0 aromatic heterocycles. The molecule has 0 bridgehead atoms. The Morgan fingerprint density at radius 3 is 2.62 bits per heavy atom. The van der Waals surface area contributed by atoms with Crippen molar-refractivity contribution in [1.82, 2.24) is 20.9 Å². The van der Waals surface area contributed by atoms with Crippen LogP contribution in [0.5, 0.6) is 0 Å². The van der Waals surface area contributed by atoms with Gasteiger partial charge in [0.1, 0.15) is 6.04 Å². The van der Waals surface area contributed by atoms with Crippen LogP contribution in [0.3, 0.4) is 0 Å². The lowest BCUT2D eigenvalue weighted by molar-refractivity contribution is -0.136. The highest BCUT2D eigenvalue weighted by molar-refractivity contribution is 6.24. The first-order valence-electron chi connectivity index (χ1n) is 10.1. The minimum atomic E-state index is -0.944. The fraction of sp³-hybridized carbons (Fsp3) is 0.524. The van der Waals surface area contributed by atoms with Crippen molar-refractivity contribution in [1.29, 1.82) is 0 Å². The minimum Gasteiger partial charge on any atom is -0.312 e. The summed E-state index contributed by atoms with van der Waals surface area (Å²) < 4.78 is 0. The molecule has 3 aliphatic heterocycles. The smallest absolute Gasteiger partial charge is 0.262 e. The molecule has 2 fully saturated rings. The second-order valence-electron chi connectivity index (χ2n) is 8.51. The molecule has 1 aromatic rings. The maximum absolute atomic E-state index is 13.1. The molecule has 1 aromatic carbocycles. The number of fused-ring (bicyclic) bond motifs is 1. The first-order valence-corrected chi connectivity index (χ1v) is 10.1. The van der Waals surface area contributed by atoms with E-state index < -0.39 is 23.8 Å². The zero-order valence-electron chi connectivity index (χ0n) is 16.7. The molecule has 3 heterocycles. The number of benzene rings is 1. The number of carbonyl (C=O) groups excluding carboxylic acids is 4. The van der Waals surface area contributed by atoms with E-state index in [0.717, 1.165) is 29.8 Å². The highest BCUT2D eigenvalue weighted by atomic mass is 16.2. The Bertz CT molecular complexity index is 889. The summed E-state index contributed by atoms with van der Waals surface area (Å²) >= 11 is 0. The molecule has 2 saturated heterocycles. The SMILES string of the molecule is CC(C)(NCc1cccc2c1C(=O)N(C1CCC(=O)NC1=O)C2=O)C1CCCN1. The number of rotatable bonds is 5. The third kappa shape index (κ3) is 3.47. The highest BCUT2D eigenvalue weighted by Crippen LogP contribution is 2.30. The van der Waals surface area contributed by atoms with Crippen LogP contribution in [0, 0.1) is 0 Å². The van der Waals surface area contributed by atoms with Crippen molar-refractivity contribution < 1.29 is 19.2 Å². The molecule has 4 rings (SSSR count). The molecule has 8 heteroatoms. The fourth-order valence-electron chi connectivity index (χ4n) is 4.48. The Balaban J connectivity index is 1.56. The molecule has 2 atom stereocenters. The van der Waals surface area contributed by atoms with E-state index in [-0.39, 0.29) is 24.3 Å². The maximum atomic E-state index is 13.1. The first kappa shape index (κ1) is 19.7. The molecule has 29 heavy (non-hydrogen) atoms. The summed E-state index contributed by atoms with van der Waals surface area (Å²) in [6.45, 7) is 5.70. The van der Waals surface area contributed by atoms with E-state index in [1.54, 1.807) is 12.1 Å². The summed E-state index contributed by atoms with van der Waals surface area (Å²) in [7, 11) is 0. The van der Waals surface area contributed by atoms with E-state index >= 15 is 0 Å². The van der Waals surface area contributed by atoms with E-state index in [2.05, 4.69) is 29.8 Å². The number of imide groups is 2. The summed E-state index contributed by atoms with van der Waals surface area (Å²) in [5.41, 5.74) is 1.23. The average Bonchev–Trinajstić information content (AvgIpc) is 3.30. The summed E-state index contributed by atoms with van der Waals surface area (Å²) in [4.78, 5) is 50.7. The predicted molar refractivity (Wildman–Crippen MR) is 105 cm³/mol. The van der Waals surface area contributed by atoms with Crippen molar-refractivity contribution in [3.63, 3.8) is 0 Å². The van der Waals surface area contributed by atoms with Crippen LogP contribution in [0.2, 0.25) is 0 Å². The number of nitrogens with one attached hydrogen (secondary N) is 3. The molecule has 3 aliphatic rings. The van der Waals surface area contributed by atoms with Crippen LogP contribution in [0.15, 0.2) is 18.2 Å². The van der Waals surface area contributed by atoms with Gasteiger partial charge in [-0.05, 0) is 51.3 Å². The molecular formula is C21H26N4O4. The number of amides is 4. The summed E-state index contributed by atoms with van der Waals surface area (Å²) in [6, 6.07) is 4.62. The van der Waals surface area contributed by atoms with Crippen LogP contribution in [0.25, 0.3) is 0 Å². The van der Waals surface area contributed by atoms with Crippen LogP contribution in [0.4, 0.5) is 0 Å². The predicted octanol–water partition coefficient (Wildman–Crippen LogP) is 0.708. The number of hydrogen-bond acceptors (Lipinski definition) is 6. The third-order valence-electron chi connectivity index (χ3n) is 6.22. The zero-order chi connectivity index (χ0) is 20.8. The van der Waals surface area contributed by atoms with Crippen molar-refractivity contribution in [2.24, 2.45) is 0 Å². The van der Waals surface area contributed by atoms with Gasteiger partial charge in [-0.3, -0.25) is 29.4 Å². The lowest BCUT2D eigenvalue weighted by atomic mass is 9.92. The van der Waals surface area contributed by atoms with Crippen LogP contribution in [-0.4, -0.2) is 52.7 Å². The second-order valence-corrected chi connectivity index (χ2v) is 8.51. The Labute approximate surface area is 169 Å². The Morgan fingerprint density at radius 2 is 1.93 bits per heavy atom. The van der Waals surface area contributed by atoms with Crippen molar-refractivity contribution in [3.8, 4) is 0 Å². The van der Waals surface area contributed by atoms with Crippen molar-refractivity contribution in [3.05, 3.63) is 34.9 Å². The maximum Gasteiger partial charge on any atom is 0.262 e. The van der Waals surface area contributed by atoms with E-state index in [1.165, 1.54) is 0 Å². The molecule has 3 N–H and O–H groups in total. The van der Waals surface area contributed by atoms with Gasteiger partial charge in [0.05, 0.1) is 11.1 Å². The molecule has 154 valence electrons. The average molecular weight is 398 g/mol. The van der Waals surface area contributed by atoms with Crippen molar-refractivity contribution in [2.75, 3.05) is 6.54 Å². The first-order chi connectivity index (χ1) is 13.8. The summed E-state index contributed by atoms with van der Waals surface area (Å²) in [6.07, 6.45) is 2.50. The van der Waals surface area contributed by atoms with Crippen LogP contribution < -0.4 is 16.0 Å². The summed E-state index contributed by atoms with van der Waals surface area (Å²) in [5, 5.41) is 9.24. The molecule has 0 saturated carbocycles. The normalized spacial score (nSPS) is 24.8.